The molecule has 88 valence electrons. The Kier molecular flexibility index (Phi) is 4.19. The predicted octanol–water partition coefficient (Wildman–Crippen LogP) is 2.11. The Morgan fingerprint density at radius 2 is 1.75 bits per heavy atom. The summed E-state index contributed by atoms with van der Waals surface area (Å²) in [6.07, 6.45) is 4.91. The number of rotatable bonds is 4. The minimum absolute atomic E-state index is 0.586. The second-order valence-electron chi connectivity index (χ2n) is 4.33. The standard InChI is InChI=1S/C13H20N2O/c14-16-11-8-12-4-6-13(7-5-12)15-9-2-1-3-10-15/h4-7H,1-3,8-11,14H2. The Bertz CT molecular complexity index is 304. The molecule has 2 N–H and O–H groups in total. The van der Waals surface area contributed by atoms with Crippen LogP contribution in [0.15, 0.2) is 24.3 Å². The van der Waals surface area contributed by atoms with Crippen molar-refractivity contribution in [3.05, 3.63) is 29.8 Å². The van der Waals surface area contributed by atoms with Gasteiger partial charge in [-0.25, -0.2) is 5.90 Å². The van der Waals surface area contributed by atoms with Crippen LogP contribution in [0.1, 0.15) is 24.8 Å². The number of hydrogen-bond acceptors (Lipinski definition) is 3. The molecule has 0 bridgehead atoms. The molecule has 1 aliphatic heterocycles. The van der Waals surface area contributed by atoms with Crippen LogP contribution < -0.4 is 10.8 Å². The second kappa shape index (κ2) is 5.87. The highest BCUT2D eigenvalue weighted by Crippen LogP contribution is 2.20. The van der Waals surface area contributed by atoms with Gasteiger partial charge >= 0.3 is 0 Å². The number of hydrogen-bond donors (Lipinski definition) is 1. The molecule has 1 heterocycles. The van der Waals surface area contributed by atoms with Gasteiger partial charge in [-0.2, -0.15) is 0 Å². The molecule has 0 amide bonds. The summed E-state index contributed by atoms with van der Waals surface area (Å²) >= 11 is 0. The fraction of sp³-hybridized carbons (Fsp3) is 0.538. The quantitative estimate of drug-likeness (QED) is 0.790. The van der Waals surface area contributed by atoms with Gasteiger partial charge < -0.3 is 9.74 Å². The largest absolute Gasteiger partial charge is 0.372 e. The third-order valence-electron chi connectivity index (χ3n) is 3.17. The molecule has 16 heavy (non-hydrogen) atoms. The predicted molar refractivity (Wildman–Crippen MR) is 66.3 cm³/mol. The third kappa shape index (κ3) is 2.97. The van der Waals surface area contributed by atoms with Gasteiger partial charge in [-0.3, -0.25) is 0 Å². The molecule has 3 nitrogen and oxygen atoms in total. The highest BCUT2D eigenvalue weighted by Gasteiger charge is 2.10. The van der Waals surface area contributed by atoms with Gasteiger partial charge in [0.1, 0.15) is 0 Å². The Labute approximate surface area is 97.1 Å². The van der Waals surface area contributed by atoms with Crippen molar-refractivity contribution in [3.8, 4) is 0 Å². The van der Waals surface area contributed by atoms with Gasteiger partial charge in [0.05, 0.1) is 6.61 Å². The molecule has 0 spiro atoms. The lowest BCUT2D eigenvalue weighted by Gasteiger charge is -2.28. The number of anilines is 1. The van der Waals surface area contributed by atoms with Crippen LogP contribution in [0.3, 0.4) is 0 Å². The highest BCUT2D eigenvalue weighted by molar-refractivity contribution is 5.47. The van der Waals surface area contributed by atoms with Crippen LogP contribution in [0.25, 0.3) is 0 Å². The van der Waals surface area contributed by atoms with Crippen LogP contribution in [0.2, 0.25) is 0 Å². The highest BCUT2D eigenvalue weighted by atomic mass is 16.6. The molecule has 1 aromatic rings. The molecule has 1 fully saturated rings. The number of piperidine rings is 1. The maximum absolute atomic E-state index is 5.01. The summed E-state index contributed by atoms with van der Waals surface area (Å²) in [6, 6.07) is 8.75. The van der Waals surface area contributed by atoms with E-state index in [1.165, 1.54) is 43.6 Å². The van der Waals surface area contributed by atoms with Gasteiger partial charge in [0.25, 0.3) is 0 Å². The topological polar surface area (TPSA) is 38.5 Å². The van der Waals surface area contributed by atoms with Gasteiger partial charge in [0.2, 0.25) is 0 Å². The molecule has 0 unspecified atom stereocenters. The molecule has 1 aromatic carbocycles. The maximum Gasteiger partial charge on any atom is 0.0719 e. The molecule has 0 aromatic heterocycles. The molecular weight excluding hydrogens is 200 g/mol. The summed E-state index contributed by atoms with van der Waals surface area (Å²) in [5.41, 5.74) is 2.63. The zero-order valence-corrected chi connectivity index (χ0v) is 9.69. The average Bonchev–Trinajstić information content (AvgIpc) is 2.38. The molecule has 0 saturated carbocycles. The van der Waals surface area contributed by atoms with Crippen molar-refractivity contribution in [2.75, 3.05) is 24.6 Å². The van der Waals surface area contributed by atoms with Crippen molar-refractivity contribution in [1.82, 2.24) is 0 Å². The first-order valence-electron chi connectivity index (χ1n) is 6.06. The van der Waals surface area contributed by atoms with Gasteiger partial charge in [-0.05, 0) is 43.4 Å². The van der Waals surface area contributed by atoms with Crippen molar-refractivity contribution >= 4 is 5.69 Å². The molecule has 0 aliphatic carbocycles. The van der Waals surface area contributed by atoms with E-state index >= 15 is 0 Å². The van der Waals surface area contributed by atoms with E-state index in [2.05, 4.69) is 34.0 Å². The average molecular weight is 220 g/mol. The summed E-state index contributed by atoms with van der Waals surface area (Å²) in [7, 11) is 0. The smallest absolute Gasteiger partial charge is 0.0719 e. The lowest BCUT2D eigenvalue weighted by Crippen LogP contribution is -2.29. The maximum atomic E-state index is 5.01. The first kappa shape index (κ1) is 11.4. The molecule has 3 heteroatoms. The Morgan fingerprint density at radius 3 is 2.38 bits per heavy atom. The van der Waals surface area contributed by atoms with Crippen molar-refractivity contribution in [2.45, 2.75) is 25.7 Å². The summed E-state index contributed by atoms with van der Waals surface area (Å²) in [4.78, 5) is 7.05. The van der Waals surface area contributed by atoms with Crippen molar-refractivity contribution in [2.24, 2.45) is 5.90 Å². The van der Waals surface area contributed by atoms with Crippen molar-refractivity contribution in [3.63, 3.8) is 0 Å². The van der Waals surface area contributed by atoms with Crippen LogP contribution in [0, 0.1) is 0 Å². The Hall–Kier alpha value is -1.06. The van der Waals surface area contributed by atoms with E-state index in [1.54, 1.807) is 0 Å². The van der Waals surface area contributed by atoms with Crippen LogP contribution in [0.5, 0.6) is 0 Å². The van der Waals surface area contributed by atoms with E-state index < -0.39 is 0 Å². The van der Waals surface area contributed by atoms with Gasteiger partial charge in [0, 0.05) is 18.8 Å². The van der Waals surface area contributed by atoms with Crippen molar-refractivity contribution < 1.29 is 4.84 Å². The van der Waals surface area contributed by atoms with Gasteiger partial charge in [-0.15, -0.1) is 0 Å². The summed E-state index contributed by atoms with van der Waals surface area (Å²) < 4.78 is 0. The zero-order valence-electron chi connectivity index (χ0n) is 9.69. The molecule has 0 radical (unpaired) electrons. The number of nitrogens with zero attached hydrogens (tertiary/aromatic N) is 1. The third-order valence-corrected chi connectivity index (χ3v) is 3.17. The lowest BCUT2D eigenvalue weighted by molar-refractivity contribution is 0.141. The molecule has 1 saturated heterocycles. The fourth-order valence-electron chi connectivity index (χ4n) is 2.20. The van der Waals surface area contributed by atoms with Crippen LogP contribution >= 0.6 is 0 Å². The summed E-state index contributed by atoms with van der Waals surface area (Å²) in [6.45, 7) is 2.99. The van der Waals surface area contributed by atoms with E-state index in [0.717, 1.165) is 6.42 Å². The van der Waals surface area contributed by atoms with Crippen molar-refractivity contribution in [1.29, 1.82) is 0 Å². The Balaban J connectivity index is 1.95. The fourth-order valence-corrected chi connectivity index (χ4v) is 2.20. The van der Waals surface area contributed by atoms with Gasteiger partial charge in [-0.1, -0.05) is 12.1 Å². The molecular formula is C13H20N2O. The van der Waals surface area contributed by atoms with E-state index in [-0.39, 0.29) is 0 Å². The summed E-state index contributed by atoms with van der Waals surface area (Å²) in [5.74, 6) is 5.01. The van der Waals surface area contributed by atoms with Crippen LogP contribution in [-0.4, -0.2) is 19.7 Å². The van der Waals surface area contributed by atoms with Crippen LogP contribution in [0.4, 0.5) is 5.69 Å². The normalized spacial score (nSPS) is 16.4. The zero-order chi connectivity index (χ0) is 11.2. The monoisotopic (exact) mass is 220 g/mol. The van der Waals surface area contributed by atoms with E-state index in [9.17, 15) is 0 Å². The Morgan fingerprint density at radius 1 is 1.06 bits per heavy atom. The summed E-state index contributed by atoms with van der Waals surface area (Å²) in [5, 5.41) is 0. The minimum Gasteiger partial charge on any atom is -0.372 e. The van der Waals surface area contributed by atoms with E-state index in [4.69, 9.17) is 5.90 Å². The van der Waals surface area contributed by atoms with Gasteiger partial charge in [0.15, 0.2) is 0 Å². The van der Waals surface area contributed by atoms with Crippen LogP contribution in [-0.2, 0) is 11.3 Å². The van der Waals surface area contributed by atoms with E-state index in [0.29, 0.717) is 6.61 Å². The van der Waals surface area contributed by atoms with E-state index in [1.807, 2.05) is 0 Å². The molecule has 0 atom stereocenters. The molecule has 1 aliphatic rings. The minimum atomic E-state index is 0.586. The first-order valence-corrected chi connectivity index (χ1v) is 6.06. The molecule has 2 rings (SSSR count). The lowest BCUT2D eigenvalue weighted by atomic mass is 10.1. The second-order valence-corrected chi connectivity index (χ2v) is 4.33. The SMILES string of the molecule is NOCCc1ccc(N2CCCCC2)cc1. The number of benzene rings is 1. The first-order chi connectivity index (χ1) is 7.90. The number of nitrogens with two attached hydrogens (primary N) is 1.